The van der Waals surface area contributed by atoms with Crippen LogP contribution >= 0.6 is 0 Å². The van der Waals surface area contributed by atoms with Crippen molar-refractivity contribution in [3.8, 4) is 6.07 Å². The van der Waals surface area contributed by atoms with Gasteiger partial charge >= 0.3 is 0 Å². The molecule has 0 atom stereocenters. The highest BCUT2D eigenvalue weighted by atomic mass is 16.2. The van der Waals surface area contributed by atoms with Crippen molar-refractivity contribution in [2.45, 2.75) is 32.7 Å². The molecular weight excluding hydrogens is 328 g/mol. The lowest BCUT2D eigenvalue weighted by Crippen LogP contribution is -2.15. The number of benzene rings is 1. The molecule has 1 aromatic carbocycles. The molecule has 1 aromatic heterocycles. The van der Waals surface area contributed by atoms with E-state index < -0.39 is 11.8 Å². The predicted octanol–water partition coefficient (Wildman–Crippen LogP) is 3.08. The summed E-state index contributed by atoms with van der Waals surface area (Å²) in [7, 11) is 0. The first-order valence-corrected chi connectivity index (χ1v) is 8.42. The normalized spacial score (nSPS) is 14.0. The number of nitriles is 1. The van der Waals surface area contributed by atoms with Crippen molar-refractivity contribution in [1.82, 2.24) is 4.57 Å². The van der Waals surface area contributed by atoms with E-state index in [1.54, 1.807) is 24.3 Å². The third kappa shape index (κ3) is 3.52. The standard InChI is InChI=1S/C20H20N4O2/c1-12-8-15(13(2)24(12)18-6-7-18)9-16(11-21)20(26)23-17-5-3-4-14(10-17)19(22)25/h3-5,8-10,18H,6-7H2,1-2H3,(H2,22,25)(H,23,26)/b16-9+. The average Bonchev–Trinajstić information content (AvgIpc) is 3.39. The number of hydrogen-bond acceptors (Lipinski definition) is 3. The van der Waals surface area contributed by atoms with Crippen molar-refractivity contribution >= 4 is 23.6 Å². The number of anilines is 1. The molecule has 0 radical (unpaired) electrons. The molecule has 0 spiro atoms. The van der Waals surface area contributed by atoms with E-state index in [2.05, 4.69) is 9.88 Å². The van der Waals surface area contributed by atoms with E-state index in [1.165, 1.54) is 18.9 Å². The van der Waals surface area contributed by atoms with Gasteiger partial charge in [-0.1, -0.05) is 6.07 Å². The SMILES string of the molecule is Cc1cc(/C=C(\C#N)C(=O)Nc2cccc(C(N)=O)c2)c(C)n1C1CC1. The van der Waals surface area contributed by atoms with Gasteiger partial charge in [0, 0.05) is 28.7 Å². The molecule has 6 heteroatoms. The minimum Gasteiger partial charge on any atom is -0.366 e. The van der Waals surface area contributed by atoms with Gasteiger partial charge in [0.25, 0.3) is 5.91 Å². The molecule has 1 heterocycles. The van der Waals surface area contributed by atoms with Crippen LogP contribution in [0.15, 0.2) is 35.9 Å². The zero-order valence-electron chi connectivity index (χ0n) is 14.7. The molecule has 1 aliphatic carbocycles. The van der Waals surface area contributed by atoms with E-state index >= 15 is 0 Å². The van der Waals surface area contributed by atoms with Crippen LogP contribution in [-0.4, -0.2) is 16.4 Å². The molecule has 132 valence electrons. The Morgan fingerprint density at radius 1 is 1.31 bits per heavy atom. The summed E-state index contributed by atoms with van der Waals surface area (Å²) in [5, 5.41) is 12.0. The first kappa shape index (κ1) is 17.5. The number of aromatic nitrogens is 1. The fourth-order valence-electron chi connectivity index (χ4n) is 3.10. The van der Waals surface area contributed by atoms with E-state index in [0.717, 1.165) is 17.0 Å². The molecule has 0 bridgehead atoms. The summed E-state index contributed by atoms with van der Waals surface area (Å²) in [5.41, 5.74) is 9.01. The molecule has 1 saturated carbocycles. The number of carbonyl (C=O) groups excluding carboxylic acids is 2. The van der Waals surface area contributed by atoms with E-state index in [9.17, 15) is 14.9 Å². The Morgan fingerprint density at radius 3 is 2.65 bits per heavy atom. The minimum absolute atomic E-state index is 0.00512. The Labute approximate surface area is 151 Å². The predicted molar refractivity (Wildman–Crippen MR) is 99.4 cm³/mol. The topological polar surface area (TPSA) is 101 Å². The second-order valence-corrected chi connectivity index (χ2v) is 6.50. The fourth-order valence-corrected chi connectivity index (χ4v) is 3.10. The Balaban J connectivity index is 1.85. The van der Waals surface area contributed by atoms with Crippen molar-refractivity contribution < 1.29 is 9.59 Å². The fraction of sp³-hybridized carbons (Fsp3) is 0.250. The maximum Gasteiger partial charge on any atom is 0.266 e. The van der Waals surface area contributed by atoms with Crippen LogP contribution in [0.1, 0.15) is 46.2 Å². The molecule has 3 rings (SSSR count). The molecule has 2 amide bonds. The first-order valence-electron chi connectivity index (χ1n) is 8.42. The van der Waals surface area contributed by atoms with Gasteiger partial charge in [-0.25, -0.2) is 0 Å². The van der Waals surface area contributed by atoms with E-state index in [-0.39, 0.29) is 5.57 Å². The highest BCUT2D eigenvalue weighted by Gasteiger charge is 2.26. The number of nitrogens with zero attached hydrogens (tertiary/aromatic N) is 2. The summed E-state index contributed by atoms with van der Waals surface area (Å²) in [6, 6.07) is 10.8. The average molecular weight is 348 g/mol. The lowest BCUT2D eigenvalue weighted by molar-refractivity contribution is -0.112. The van der Waals surface area contributed by atoms with Crippen molar-refractivity contribution in [2.75, 3.05) is 5.32 Å². The molecule has 1 fully saturated rings. The summed E-state index contributed by atoms with van der Waals surface area (Å²) in [6.07, 6.45) is 3.94. The van der Waals surface area contributed by atoms with Gasteiger partial charge in [-0.15, -0.1) is 0 Å². The van der Waals surface area contributed by atoms with Gasteiger partial charge in [0.1, 0.15) is 11.6 Å². The largest absolute Gasteiger partial charge is 0.366 e. The third-order valence-corrected chi connectivity index (χ3v) is 4.51. The van der Waals surface area contributed by atoms with Crippen LogP contribution in [0.4, 0.5) is 5.69 Å². The van der Waals surface area contributed by atoms with Crippen molar-refractivity contribution in [3.05, 3.63) is 58.4 Å². The molecule has 2 aromatic rings. The molecular formula is C20H20N4O2. The van der Waals surface area contributed by atoms with Crippen molar-refractivity contribution in [2.24, 2.45) is 5.73 Å². The van der Waals surface area contributed by atoms with Crippen LogP contribution in [0.2, 0.25) is 0 Å². The van der Waals surface area contributed by atoms with Gasteiger partial charge in [-0.3, -0.25) is 9.59 Å². The summed E-state index contributed by atoms with van der Waals surface area (Å²) < 4.78 is 2.26. The maximum atomic E-state index is 12.5. The number of hydrogen-bond donors (Lipinski definition) is 2. The number of nitrogens with one attached hydrogen (secondary N) is 1. The maximum absolute atomic E-state index is 12.5. The highest BCUT2D eigenvalue weighted by Crippen LogP contribution is 2.38. The number of primary amides is 1. The van der Waals surface area contributed by atoms with Crippen LogP contribution in [-0.2, 0) is 4.79 Å². The van der Waals surface area contributed by atoms with Gasteiger partial charge in [0.05, 0.1) is 0 Å². The zero-order valence-corrected chi connectivity index (χ0v) is 14.7. The van der Waals surface area contributed by atoms with Gasteiger partial charge in [0.2, 0.25) is 5.91 Å². The van der Waals surface area contributed by atoms with Gasteiger partial charge in [-0.2, -0.15) is 5.26 Å². The number of rotatable bonds is 5. The molecule has 0 unspecified atom stereocenters. The van der Waals surface area contributed by atoms with Gasteiger partial charge in [-0.05, 0) is 62.6 Å². The lowest BCUT2D eigenvalue weighted by atomic mass is 10.1. The number of amides is 2. The summed E-state index contributed by atoms with van der Waals surface area (Å²) >= 11 is 0. The van der Waals surface area contributed by atoms with Gasteiger partial charge in [0.15, 0.2) is 0 Å². The Morgan fingerprint density at radius 2 is 2.04 bits per heavy atom. The van der Waals surface area contributed by atoms with Crippen molar-refractivity contribution in [1.29, 1.82) is 5.26 Å². The first-order chi connectivity index (χ1) is 12.4. The van der Waals surface area contributed by atoms with Crippen LogP contribution in [0.5, 0.6) is 0 Å². The number of aryl methyl sites for hydroxylation is 1. The molecule has 26 heavy (non-hydrogen) atoms. The minimum atomic E-state index is -0.579. The summed E-state index contributed by atoms with van der Waals surface area (Å²) in [5.74, 6) is -1.10. The van der Waals surface area contributed by atoms with E-state index in [1.807, 2.05) is 26.0 Å². The molecule has 0 aliphatic heterocycles. The summed E-state index contributed by atoms with van der Waals surface area (Å²) in [4.78, 5) is 23.7. The van der Waals surface area contributed by atoms with E-state index in [4.69, 9.17) is 5.73 Å². The van der Waals surface area contributed by atoms with Crippen LogP contribution in [0.3, 0.4) is 0 Å². The quantitative estimate of drug-likeness (QED) is 0.641. The molecule has 6 nitrogen and oxygen atoms in total. The van der Waals surface area contributed by atoms with Crippen molar-refractivity contribution in [3.63, 3.8) is 0 Å². The Hall–Kier alpha value is -3.33. The molecule has 0 saturated heterocycles. The Bertz CT molecular complexity index is 959. The van der Waals surface area contributed by atoms with Crippen LogP contribution in [0.25, 0.3) is 6.08 Å². The van der Waals surface area contributed by atoms with Crippen LogP contribution < -0.4 is 11.1 Å². The van der Waals surface area contributed by atoms with E-state index in [0.29, 0.717) is 17.3 Å². The number of carbonyl (C=O) groups is 2. The summed E-state index contributed by atoms with van der Waals surface area (Å²) in [6.45, 7) is 4.03. The van der Waals surface area contributed by atoms with Gasteiger partial charge < -0.3 is 15.6 Å². The second kappa shape index (κ2) is 6.89. The second-order valence-electron chi connectivity index (χ2n) is 6.50. The highest BCUT2D eigenvalue weighted by molar-refractivity contribution is 6.10. The monoisotopic (exact) mass is 348 g/mol. The lowest BCUT2D eigenvalue weighted by Gasteiger charge is -2.07. The molecule has 1 aliphatic rings. The smallest absolute Gasteiger partial charge is 0.266 e. The zero-order chi connectivity index (χ0) is 18.8. The third-order valence-electron chi connectivity index (χ3n) is 4.51. The number of nitrogens with two attached hydrogens (primary N) is 1. The molecule has 3 N–H and O–H groups in total. The Kier molecular flexibility index (Phi) is 4.63. The van der Waals surface area contributed by atoms with Crippen LogP contribution in [0, 0.1) is 25.2 Å².